The molecule has 2 heterocycles. The van der Waals surface area contributed by atoms with Crippen LogP contribution in [-0.2, 0) is 19.1 Å². The monoisotopic (exact) mass is 423 g/mol. The molecule has 0 spiro atoms. The number of hydrogen-bond donors (Lipinski definition) is 1. The van der Waals surface area contributed by atoms with Gasteiger partial charge in [-0.05, 0) is 24.5 Å². The van der Waals surface area contributed by atoms with E-state index in [-0.39, 0.29) is 37.0 Å². The lowest BCUT2D eigenvalue weighted by Crippen LogP contribution is -2.68. The third-order valence-corrected chi connectivity index (χ3v) is 6.40. The minimum absolute atomic E-state index is 0.0688. The predicted octanol–water partition coefficient (Wildman–Crippen LogP) is 3.42. The molecule has 1 amide bonds. The fourth-order valence-corrected chi connectivity index (χ4v) is 4.93. The zero-order chi connectivity index (χ0) is 22.0. The summed E-state index contributed by atoms with van der Waals surface area (Å²) in [5.74, 6) is -0.514. The van der Waals surface area contributed by atoms with E-state index in [1.807, 2.05) is 67.6 Å². The van der Waals surface area contributed by atoms with Crippen LogP contribution in [0, 0.1) is 5.41 Å². The molecule has 0 bridgehead atoms. The van der Waals surface area contributed by atoms with Crippen molar-refractivity contribution in [2.75, 3.05) is 13.2 Å². The lowest BCUT2D eigenvalue weighted by Gasteiger charge is -2.58. The highest BCUT2D eigenvalue weighted by atomic mass is 16.6. The minimum Gasteiger partial charge on any atom is -0.466 e. The van der Waals surface area contributed by atoms with Gasteiger partial charge in [0.25, 0.3) is 0 Å². The van der Waals surface area contributed by atoms with Gasteiger partial charge in [-0.25, -0.2) is 0 Å². The van der Waals surface area contributed by atoms with E-state index in [1.54, 1.807) is 11.8 Å². The molecule has 5 atom stereocenters. The van der Waals surface area contributed by atoms with Gasteiger partial charge in [-0.15, -0.1) is 0 Å². The van der Waals surface area contributed by atoms with Crippen LogP contribution in [0.1, 0.15) is 50.0 Å². The largest absolute Gasteiger partial charge is 0.466 e. The normalized spacial score (nSPS) is 28.0. The lowest BCUT2D eigenvalue weighted by molar-refractivity contribution is -0.196. The smallest absolute Gasteiger partial charge is 0.307 e. The summed E-state index contributed by atoms with van der Waals surface area (Å²) in [6.45, 7) is 4.33. The van der Waals surface area contributed by atoms with E-state index < -0.39 is 17.6 Å². The molecule has 2 aromatic carbocycles. The number of rotatable bonds is 9. The first-order valence-corrected chi connectivity index (χ1v) is 11.0. The third kappa shape index (κ3) is 3.64. The van der Waals surface area contributed by atoms with Gasteiger partial charge in [-0.3, -0.25) is 9.59 Å². The summed E-state index contributed by atoms with van der Waals surface area (Å²) in [6, 6.07) is 18.6. The Morgan fingerprint density at radius 2 is 1.77 bits per heavy atom. The van der Waals surface area contributed by atoms with Gasteiger partial charge in [0, 0.05) is 6.54 Å². The molecule has 2 aromatic rings. The summed E-state index contributed by atoms with van der Waals surface area (Å²) in [5.41, 5.74) is 0.483. The second kappa shape index (κ2) is 8.81. The fourth-order valence-electron chi connectivity index (χ4n) is 4.93. The van der Waals surface area contributed by atoms with Crippen molar-refractivity contribution in [1.82, 2.24) is 4.90 Å². The number of epoxide rings is 1. The van der Waals surface area contributed by atoms with Crippen molar-refractivity contribution in [3.63, 3.8) is 0 Å². The standard InChI is InChI=1S/C25H29NO5/c1-3-19-23(31-19)25(22(28)18-13-9-6-10-14-18)21(17-11-7-5-8-12-17)26(24(25)29)16-15-20(27)30-4-2/h5-14,19,21-23,28H,3-4,15-16H2,1-2H3/t19-,21+,22+,23+,25-/m0/s1. The molecule has 0 unspecified atom stereocenters. The molecule has 4 rings (SSSR count). The number of nitrogens with zero attached hydrogens (tertiary/aromatic N) is 1. The first kappa shape index (κ1) is 21.5. The lowest BCUT2D eigenvalue weighted by atomic mass is 9.60. The molecule has 2 saturated heterocycles. The Hall–Kier alpha value is -2.70. The zero-order valence-corrected chi connectivity index (χ0v) is 17.9. The van der Waals surface area contributed by atoms with Gasteiger partial charge >= 0.3 is 5.97 Å². The maximum Gasteiger partial charge on any atom is 0.307 e. The molecule has 6 nitrogen and oxygen atoms in total. The molecular formula is C25H29NO5. The molecule has 0 aromatic heterocycles. The van der Waals surface area contributed by atoms with E-state index in [9.17, 15) is 14.7 Å². The van der Waals surface area contributed by atoms with Crippen molar-refractivity contribution in [2.45, 2.75) is 51.0 Å². The Balaban J connectivity index is 1.73. The number of benzene rings is 2. The van der Waals surface area contributed by atoms with E-state index in [0.29, 0.717) is 12.2 Å². The number of carbonyl (C=O) groups is 2. The Bertz CT molecular complexity index is 918. The van der Waals surface area contributed by atoms with Crippen LogP contribution in [-0.4, -0.2) is 47.2 Å². The van der Waals surface area contributed by atoms with Crippen molar-refractivity contribution in [1.29, 1.82) is 0 Å². The number of β-lactam (4-membered cyclic amide) rings is 1. The number of esters is 1. The van der Waals surface area contributed by atoms with Gasteiger partial charge in [-0.1, -0.05) is 67.6 Å². The molecule has 2 fully saturated rings. The summed E-state index contributed by atoms with van der Waals surface area (Å²) in [4.78, 5) is 27.4. The summed E-state index contributed by atoms with van der Waals surface area (Å²) in [6.07, 6.45) is -0.578. The first-order chi connectivity index (χ1) is 15.1. The highest BCUT2D eigenvalue weighted by Gasteiger charge is 2.74. The highest BCUT2D eigenvalue weighted by molar-refractivity contribution is 5.93. The topological polar surface area (TPSA) is 79.4 Å². The Labute approximate surface area is 182 Å². The van der Waals surface area contributed by atoms with Crippen LogP contribution in [0.4, 0.5) is 0 Å². The molecule has 31 heavy (non-hydrogen) atoms. The second-order valence-corrected chi connectivity index (χ2v) is 8.12. The van der Waals surface area contributed by atoms with E-state index in [1.165, 1.54) is 0 Å². The van der Waals surface area contributed by atoms with Gasteiger partial charge in [0.05, 0.1) is 31.3 Å². The molecule has 6 heteroatoms. The van der Waals surface area contributed by atoms with Gasteiger partial charge in [0.1, 0.15) is 11.5 Å². The van der Waals surface area contributed by atoms with Crippen molar-refractivity contribution >= 4 is 11.9 Å². The van der Waals surface area contributed by atoms with Crippen LogP contribution >= 0.6 is 0 Å². The molecule has 0 saturated carbocycles. The van der Waals surface area contributed by atoms with Crippen LogP contribution in [0.25, 0.3) is 0 Å². The number of amides is 1. The maximum absolute atomic E-state index is 13.7. The number of aliphatic hydroxyl groups excluding tert-OH is 1. The SMILES string of the molecule is CCOC(=O)CCN1C(=O)[C@@]([C@H](O)c2ccccc2)([C@@H]2O[C@H]2CC)[C@H]1c1ccccc1. The minimum atomic E-state index is -1.13. The summed E-state index contributed by atoms with van der Waals surface area (Å²) in [5, 5.41) is 11.6. The number of aliphatic hydroxyl groups is 1. The third-order valence-electron chi connectivity index (χ3n) is 6.40. The van der Waals surface area contributed by atoms with Gasteiger partial charge < -0.3 is 19.5 Å². The average molecular weight is 424 g/mol. The van der Waals surface area contributed by atoms with Gasteiger partial charge in [0.2, 0.25) is 5.91 Å². The van der Waals surface area contributed by atoms with Crippen LogP contribution in [0.2, 0.25) is 0 Å². The van der Waals surface area contributed by atoms with Crippen molar-refractivity contribution < 1.29 is 24.2 Å². The Morgan fingerprint density at radius 1 is 1.13 bits per heavy atom. The average Bonchev–Trinajstić information content (AvgIpc) is 3.58. The number of carbonyl (C=O) groups excluding carboxylic acids is 2. The second-order valence-electron chi connectivity index (χ2n) is 8.12. The van der Waals surface area contributed by atoms with Crippen molar-refractivity contribution in [3.8, 4) is 0 Å². The predicted molar refractivity (Wildman–Crippen MR) is 115 cm³/mol. The zero-order valence-electron chi connectivity index (χ0n) is 17.9. The van der Waals surface area contributed by atoms with Crippen LogP contribution in [0.5, 0.6) is 0 Å². The van der Waals surface area contributed by atoms with E-state index in [2.05, 4.69) is 0 Å². The van der Waals surface area contributed by atoms with E-state index in [0.717, 1.165) is 12.0 Å². The Kier molecular flexibility index (Phi) is 6.12. The molecule has 0 radical (unpaired) electrons. The van der Waals surface area contributed by atoms with Crippen LogP contribution in [0.15, 0.2) is 60.7 Å². The van der Waals surface area contributed by atoms with E-state index >= 15 is 0 Å². The van der Waals surface area contributed by atoms with Crippen LogP contribution < -0.4 is 0 Å². The highest BCUT2D eigenvalue weighted by Crippen LogP contribution is 2.64. The molecular weight excluding hydrogens is 394 g/mol. The molecule has 1 N–H and O–H groups in total. The summed E-state index contributed by atoms with van der Waals surface area (Å²) >= 11 is 0. The number of ether oxygens (including phenoxy) is 2. The fraction of sp³-hybridized carbons (Fsp3) is 0.440. The molecule has 0 aliphatic carbocycles. The molecule has 2 aliphatic rings. The van der Waals surface area contributed by atoms with Gasteiger partial charge in [0.15, 0.2) is 0 Å². The van der Waals surface area contributed by atoms with Crippen molar-refractivity contribution in [3.05, 3.63) is 71.8 Å². The quantitative estimate of drug-likeness (QED) is 0.380. The summed E-state index contributed by atoms with van der Waals surface area (Å²) in [7, 11) is 0. The maximum atomic E-state index is 13.7. The van der Waals surface area contributed by atoms with Gasteiger partial charge in [-0.2, -0.15) is 0 Å². The Morgan fingerprint density at radius 3 is 2.35 bits per heavy atom. The van der Waals surface area contributed by atoms with Crippen molar-refractivity contribution in [2.24, 2.45) is 5.41 Å². The molecule has 2 aliphatic heterocycles. The number of hydrogen-bond acceptors (Lipinski definition) is 5. The number of likely N-dealkylation sites (tertiary alicyclic amines) is 1. The summed E-state index contributed by atoms with van der Waals surface area (Å²) < 4.78 is 11.0. The van der Waals surface area contributed by atoms with E-state index in [4.69, 9.17) is 9.47 Å². The first-order valence-electron chi connectivity index (χ1n) is 11.0. The van der Waals surface area contributed by atoms with Crippen LogP contribution in [0.3, 0.4) is 0 Å². The molecule has 164 valence electrons.